The van der Waals surface area contributed by atoms with Gasteiger partial charge in [0, 0.05) is 18.1 Å². The van der Waals surface area contributed by atoms with Crippen molar-refractivity contribution in [2.45, 2.75) is 18.6 Å². The molecule has 1 N–H and O–H groups in total. The van der Waals surface area contributed by atoms with Crippen LogP contribution in [0.4, 0.5) is 8.78 Å². The minimum absolute atomic E-state index is 0.188. The van der Waals surface area contributed by atoms with Gasteiger partial charge in [0.05, 0.1) is 19.4 Å². The van der Waals surface area contributed by atoms with Crippen LogP contribution in [0.15, 0.2) is 30.9 Å². The number of nitrogens with zero attached hydrogens (tertiary/aromatic N) is 3. The zero-order chi connectivity index (χ0) is 17.1. The quantitative estimate of drug-likeness (QED) is 0.745. The number of aliphatic hydroxyl groups is 1. The first-order valence-electron chi connectivity index (χ1n) is 6.54. The van der Waals surface area contributed by atoms with Gasteiger partial charge in [-0.15, -0.1) is 0 Å². The third-order valence-electron chi connectivity index (χ3n) is 3.14. The monoisotopic (exact) mass is 347 g/mol. The Bertz CT molecular complexity index is 768. The van der Waals surface area contributed by atoms with E-state index in [1.165, 1.54) is 17.3 Å². The van der Waals surface area contributed by atoms with E-state index < -0.39 is 27.4 Å². The molecule has 0 radical (unpaired) electrons. The summed E-state index contributed by atoms with van der Waals surface area (Å²) < 4.78 is 55.0. The molecule has 0 aliphatic rings. The van der Waals surface area contributed by atoms with Crippen molar-refractivity contribution >= 4 is 10.1 Å². The zero-order valence-corrected chi connectivity index (χ0v) is 13.0. The van der Waals surface area contributed by atoms with Gasteiger partial charge < -0.3 is 5.11 Å². The summed E-state index contributed by atoms with van der Waals surface area (Å²) in [5.41, 5.74) is -2.04. The maximum Gasteiger partial charge on any atom is 0.264 e. The van der Waals surface area contributed by atoms with Crippen LogP contribution in [-0.2, 0) is 26.4 Å². The Morgan fingerprint density at radius 3 is 2.70 bits per heavy atom. The molecule has 23 heavy (non-hydrogen) atoms. The molecule has 126 valence electrons. The molecule has 1 aromatic carbocycles. The Balaban J connectivity index is 2.29. The summed E-state index contributed by atoms with van der Waals surface area (Å²) in [6.45, 7) is -0.580. The lowest BCUT2D eigenvalue weighted by molar-refractivity contribution is -0.00715. The second-order valence-corrected chi connectivity index (χ2v) is 6.67. The van der Waals surface area contributed by atoms with Gasteiger partial charge in [-0.3, -0.25) is 4.18 Å². The van der Waals surface area contributed by atoms with Gasteiger partial charge in [0.2, 0.25) is 0 Å². The number of halogens is 2. The van der Waals surface area contributed by atoms with Gasteiger partial charge in [-0.05, 0) is 6.07 Å². The molecule has 2 aromatic rings. The molecule has 2 rings (SSSR count). The highest BCUT2D eigenvalue weighted by Crippen LogP contribution is 2.30. The van der Waals surface area contributed by atoms with E-state index in [-0.39, 0.29) is 25.1 Å². The minimum atomic E-state index is -3.71. The van der Waals surface area contributed by atoms with Crippen molar-refractivity contribution in [3.63, 3.8) is 0 Å². The molecule has 0 amide bonds. The molecular formula is C13H15F2N3O4S. The van der Waals surface area contributed by atoms with Crippen LogP contribution in [0.2, 0.25) is 0 Å². The topological polar surface area (TPSA) is 94.3 Å². The summed E-state index contributed by atoms with van der Waals surface area (Å²) in [5.74, 6) is -1.74. The first-order chi connectivity index (χ1) is 10.7. The average molecular weight is 347 g/mol. The smallest absolute Gasteiger partial charge is 0.264 e. The van der Waals surface area contributed by atoms with E-state index in [4.69, 9.17) is 0 Å². The molecule has 1 atom stereocenters. The molecule has 0 saturated heterocycles. The van der Waals surface area contributed by atoms with E-state index in [0.29, 0.717) is 6.07 Å². The third-order valence-corrected chi connectivity index (χ3v) is 3.73. The molecule has 1 heterocycles. The van der Waals surface area contributed by atoms with Crippen LogP contribution >= 0.6 is 0 Å². The SMILES string of the molecule is CS(=O)(=O)OCC[C@](O)(Cn1cncn1)c1ccc(F)cc1F. The number of aromatic nitrogens is 3. The van der Waals surface area contributed by atoms with Gasteiger partial charge in [0.1, 0.15) is 29.9 Å². The molecular weight excluding hydrogens is 332 g/mol. The molecule has 0 saturated carbocycles. The van der Waals surface area contributed by atoms with E-state index >= 15 is 0 Å². The van der Waals surface area contributed by atoms with Crippen LogP contribution in [0.5, 0.6) is 0 Å². The second kappa shape index (κ2) is 6.69. The van der Waals surface area contributed by atoms with E-state index in [1.807, 2.05) is 0 Å². The Hall–Kier alpha value is -1.91. The number of benzene rings is 1. The second-order valence-electron chi connectivity index (χ2n) is 5.02. The predicted molar refractivity (Wildman–Crippen MR) is 75.7 cm³/mol. The first kappa shape index (κ1) is 17.4. The number of hydrogen-bond acceptors (Lipinski definition) is 6. The molecule has 7 nitrogen and oxygen atoms in total. The van der Waals surface area contributed by atoms with Gasteiger partial charge in [-0.25, -0.2) is 18.4 Å². The van der Waals surface area contributed by atoms with Crippen molar-refractivity contribution in [3.05, 3.63) is 48.1 Å². The van der Waals surface area contributed by atoms with E-state index in [9.17, 15) is 22.3 Å². The highest BCUT2D eigenvalue weighted by Gasteiger charge is 2.33. The Kier molecular flexibility index (Phi) is 5.07. The molecule has 0 aliphatic carbocycles. The van der Waals surface area contributed by atoms with Crippen molar-refractivity contribution in [1.82, 2.24) is 14.8 Å². The maximum absolute atomic E-state index is 14.0. The fraction of sp³-hybridized carbons (Fsp3) is 0.385. The van der Waals surface area contributed by atoms with Gasteiger partial charge in [-0.1, -0.05) is 6.07 Å². The van der Waals surface area contributed by atoms with Crippen LogP contribution in [0.3, 0.4) is 0 Å². The van der Waals surface area contributed by atoms with E-state index in [0.717, 1.165) is 18.4 Å². The molecule has 0 fully saturated rings. The lowest BCUT2D eigenvalue weighted by Crippen LogP contribution is -2.34. The van der Waals surface area contributed by atoms with Gasteiger partial charge in [-0.2, -0.15) is 13.5 Å². The summed E-state index contributed by atoms with van der Waals surface area (Å²) in [5, 5.41) is 14.6. The van der Waals surface area contributed by atoms with Crippen molar-refractivity contribution in [2.75, 3.05) is 12.9 Å². The molecule has 0 aliphatic heterocycles. The van der Waals surface area contributed by atoms with Gasteiger partial charge >= 0.3 is 0 Å². The average Bonchev–Trinajstić information content (AvgIpc) is 2.89. The summed E-state index contributed by atoms with van der Waals surface area (Å²) in [6, 6.07) is 2.74. The van der Waals surface area contributed by atoms with Gasteiger partial charge in [0.25, 0.3) is 10.1 Å². The fourth-order valence-corrected chi connectivity index (χ4v) is 2.50. The van der Waals surface area contributed by atoms with Crippen molar-refractivity contribution in [1.29, 1.82) is 0 Å². The van der Waals surface area contributed by atoms with Crippen LogP contribution in [0.1, 0.15) is 12.0 Å². The van der Waals surface area contributed by atoms with Crippen molar-refractivity contribution in [3.8, 4) is 0 Å². The zero-order valence-electron chi connectivity index (χ0n) is 12.2. The maximum atomic E-state index is 14.0. The largest absolute Gasteiger partial charge is 0.383 e. The number of hydrogen-bond donors (Lipinski definition) is 1. The lowest BCUT2D eigenvalue weighted by atomic mass is 9.90. The Labute approximate surface area is 131 Å². The van der Waals surface area contributed by atoms with Crippen molar-refractivity contribution < 1.29 is 26.5 Å². The van der Waals surface area contributed by atoms with Crippen LogP contribution < -0.4 is 0 Å². The highest BCUT2D eigenvalue weighted by atomic mass is 32.2. The van der Waals surface area contributed by atoms with E-state index in [2.05, 4.69) is 14.3 Å². The van der Waals surface area contributed by atoms with Crippen LogP contribution in [-0.4, -0.2) is 41.2 Å². The molecule has 10 heteroatoms. The first-order valence-corrected chi connectivity index (χ1v) is 8.36. The van der Waals surface area contributed by atoms with E-state index in [1.54, 1.807) is 0 Å². The van der Waals surface area contributed by atoms with Gasteiger partial charge in [0.15, 0.2) is 0 Å². The minimum Gasteiger partial charge on any atom is -0.383 e. The van der Waals surface area contributed by atoms with Crippen molar-refractivity contribution in [2.24, 2.45) is 0 Å². The summed E-state index contributed by atoms with van der Waals surface area (Å²) in [6.07, 6.45) is 3.16. The highest BCUT2D eigenvalue weighted by molar-refractivity contribution is 7.85. The summed E-state index contributed by atoms with van der Waals surface area (Å²) in [4.78, 5) is 3.72. The molecule has 0 spiro atoms. The molecule has 0 bridgehead atoms. The normalized spacial score (nSPS) is 14.6. The fourth-order valence-electron chi connectivity index (χ4n) is 2.11. The third kappa shape index (κ3) is 4.78. The van der Waals surface area contributed by atoms with Crippen LogP contribution in [0.25, 0.3) is 0 Å². The van der Waals surface area contributed by atoms with Crippen LogP contribution in [0, 0.1) is 11.6 Å². The standard InChI is InChI=1S/C13H15F2N3O4S/c1-23(20,21)22-5-4-13(19,7-18-9-16-8-17-18)11-3-2-10(14)6-12(11)15/h2-3,6,8-9,19H,4-5,7H2,1H3/t13-/m0/s1. The molecule has 0 unspecified atom stereocenters. The summed E-state index contributed by atoms with van der Waals surface area (Å²) in [7, 11) is -3.71. The Morgan fingerprint density at radius 1 is 1.39 bits per heavy atom. The predicted octanol–water partition coefficient (Wildman–Crippen LogP) is 0.810. The number of rotatable bonds is 7. The lowest BCUT2D eigenvalue weighted by Gasteiger charge is -2.28. The Morgan fingerprint density at radius 2 is 2.13 bits per heavy atom. The summed E-state index contributed by atoms with van der Waals surface area (Å²) >= 11 is 0. The molecule has 1 aromatic heterocycles.